The van der Waals surface area contributed by atoms with Gasteiger partial charge in [0.15, 0.2) is 0 Å². The third kappa shape index (κ3) is 3.26. The van der Waals surface area contributed by atoms with Crippen LogP contribution in [0.3, 0.4) is 0 Å². The van der Waals surface area contributed by atoms with E-state index >= 15 is 0 Å². The zero-order chi connectivity index (χ0) is 11.4. The fraction of sp³-hybridized carbons (Fsp3) is 0.455. The predicted molar refractivity (Wildman–Crippen MR) is 60.1 cm³/mol. The van der Waals surface area contributed by atoms with Crippen LogP contribution in [-0.2, 0) is 6.42 Å². The van der Waals surface area contributed by atoms with Crippen molar-refractivity contribution < 1.29 is 14.6 Å². The van der Waals surface area contributed by atoms with Crippen LogP contribution in [-0.4, -0.2) is 22.4 Å². The number of benzene rings is 1. The van der Waals surface area contributed by atoms with Gasteiger partial charge >= 0.3 is 0 Å². The minimum absolute atomic E-state index is 0.243. The van der Waals surface area contributed by atoms with Gasteiger partial charge in [0.05, 0.1) is 16.7 Å². The number of hydrogen-bond acceptors (Lipinski definition) is 2. The Morgan fingerprint density at radius 3 is 2.60 bits per heavy atom. The minimum atomic E-state index is -0.854. The number of halogens is 2. The Morgan fingerprint density at radius 1 is 1.33 bits per heavy atom. The summed E-state index contributed by atoms with van der Waals surface area (Å²) in [6, 6.07) is 4.65. The highest BCUT2D eigenvalue weighted by Gasteiger charge is 2.16. The van der Waals surface area contributed by atoms with E-state index in [1.165, 1.54) is 6.07 Å². The molecule has 84 valence electrons. The van der Waals surface area contributed by atoms with Gasteiger partial charge in [-0.25, -0.2) is 4.39 Å². The van der Waals surface area contributed by atoms with Crippen molar-refractivity contribution in [3.63, 3.8) is 0 Å². The second-order valence-electron chi connectivity index (χ2n) is 3.46. The van der Waals surface area contributed by atoms with E-state index in [-0.39, 0.29) is 12.2 Å². The molecule has 0 heterocycles. The van der Waals surface area contributed by atoms with Gasteiger partial charge in [-0.15, -0.1) is 0 Å². The first kappa shape index (κ1) is 12.6. The van der Waals surface area contributed by atoms with Gasteiger partial charge in [0.2, 0.25) is 0 Å². The van der Waals surface area contributed by atoms with Crippen LogP contribution in [0.25, 0.3) is 0 Å². The molecule has 1 aromatic carbocycles. The molecular weight excluding hydrogens is 263 g/mol. The summed E-state index contributed by atoms with van der Waals surface area (Å²) in [5.41, 5.74) is 0.662. The summed E-state index contributed by atoms with van der Waals surface area (Å²) in [6.45, 7) is 1.79. The summed E-state index contributed by atoms with van der Waals surface area (Å²) in [6.07, 6.45) is -0.894. The largest absolute Gasteiger partial charge is 0.390 e. The molecule has 2 nitrogen and oxygen atoms in total. The van der Waals surface area contributed by atoms with E-state index in [1.54, 1.807) is 19.1 Å². The van der Waals surface area contributed by atoms with Gasteiger partial charge in [0.25, 0.3) is 0 Å². The SMILES string of the molecule is CCC(O)C(O)Cc1cccc(F)c1Br. The molecule has 0 amide bonds. The molecule has 0 spiro atoms. The van der Waals surface area contributed by atoms with E-state index in [1.807, 2.05) is 0 Å². The normalized spacial score (nSPS) is 15.0. The maximum absolute atomic E-state index is 13.1. The highest BCUT2D eigenvalue weighted by molar-refractivity contribution is 9.10. The molecule has 4 heteroatoms. The Hall–Kier alpha value is -0.450. The molecule has 2 unspecified atom stereocenters. The van der Waals surface area contributed by atoms with Crippen molar-refractivity contribution in [1.29, 1.82) is 0 Å². The number of aliphatic hydroxyl groups is 2. The average molecular weight is 277 g/mol. The van der Waals surface area contributed by atoms with Crippen LogP contribution < -0.4 is 0 Å². The van der Waals surface area contributed by atoms with Crippen molar-refractivity contribution in [3.8, 4) is 0 Å². The first-order chi connectivity index (χ1) is 7.06. The second kappa shape index (κ2) is 5.58. The monoisotopic (exact) mass is 276 g/mol. The van der Waals surface area contributed by atoms with Gasteiger partial charge in [-0.1, -0.05) is 19.1 Å². The molecule has 0 saturated carbocycles. The van der Waals surface area contributed by atoms with E-state index in [4.69, 9.17) is 0 Å². The van der Waals surface area contributed by atoms with Crippen molar-refractivity contribution in [3.05, 3.63) is 34.1 Å². The molecule has 0 saturated heterocycles. The fourth-order valence-corrected chi connectivity index (χ4v) is 1.77. The molecule has 1 rings (SSSR count). The summed E-state index contributed by atoms with van der Waals surface area (Å²) < 4.78 is 13.5. The maximum Gasteiger partial charge on any atom is 0.137 e. The van der Waals surface area contributed by atoms with Gasteiger partial charge in [-0.3, -0.25) is 0 Å². The third-order valence-corrected chi connectivity index (χ3v) is 3.21. The van der Waals surface area contributed by atoms with Crippen molar-refractivity contribution in [1.82, 2.24) is 0 Å². The topological polar surface area (TPSA) is 40.5 Å². The highest BCUT2D eigenvalue weighted by Crippen LogP contribution is 2.22. The van der Waals surface area contributed by atoms with E-state index in [2.05, 4.69) is 15.9 Å². The highest BCUT2D eigenvalue weighted by atomic mass is 79.9. The fourth-order valence-electron chi connectivity index (χ4n) is 1.34. The van der Waals surface area contributed by atoms with Crippen LogP contribution in [0.2, 0.25) is 0 Å². The average Bonchev–Trinajstić information content (AvgIpc) is 2.23. The Balaban J connectivity index is 2.76. The number of rotatable bonds is 4. The molecule has 0 aliphatic carbocycles. The zero-order valence-electron chi connectivity index (χ0n) is 8.45. The Labute approximate surface area is 96.9 Å². The van der Waals surface area contributed by atoms with E-state index in [0.717, 1.165) is 0 Å². The zero-order valence-corrected chi connectivity index (χ0v) is 10.0. The van der Waals surface area contributed by atoms with Crippen LogP contribution >= 0.6 is 15.9 Å². The Kier molecular flexibility index (Phi) is 4.70. The summed E-state index contributed by atoms with van der Waals surface area (Å²) in [5, 5.41) is 19.0. The minimum Gasteiger partial charge on any atom is -0.390 e. The lowest BCUT2D eigenvalue weighted by Crippen LogP contribution is -2.27. The molecule has 0 bridgehead atoms. The molecule has 15 heavy (non-hydrogen) atoms. The van der Waals surface area contributed by atoms with Crippen molar-refractivity contribution >= 4 is 15.9 Å². The molecule has 0 radical (unpaired) electrons. The van der Waals surface area contributed by atoms with Gasteiger partial charge in [0.1, 0.15) is 5.82 Å². The lowest BCUT2D eigenvalue weighted by molar-refractivity contribution is 0.0180. The summed E-state index contributed by atoms with van der Waals surface area (Å²) in [4.78, 5) is 0. The summed E-state index contributed by atoms with van der Waals surface area (Å²) in [7, 11) is 0. The molecule has 0 aliphatic rings. The lowest BCUT2D eigenvalue weighted by Gasteiger charge is -2.16. The maximum atomic E-state index is 13.1. The molecule has 1 aromatic rings. The third-order valence-electron chi connectivity index (χ3n) is 2.32. The molecule has 2 atom stereocenters. The van der Waals surface area contributed by atoms with Crippen LogP contribution in [0.1, 0.15) is 18.9 Å². The van der Waals surface area contributed by atoms with Crippen molar-refractivity contribution in [2.75, 3.05) is 0 Å². The van der Waals surface area contributed by atoms with Crippen LogP contribution in [0.5, 0.6) is 0 Å². The van der Waals surface area contributed by atoms with Crippen LogP contribution in [0, 0.1) is 5.82 Å². The summed E-state index contributed by atoms with van der Waals surface area (Å²) >= 11 is 3.11. The predicted octanol–water partition coefficient (Wildman–Crippen LogP) is 2.26. The molecule has 0 fully saturated rings. The van der Waals surface area contributed by atoms with Gasteiger partial charge in [-0.2, -0.15) is 0 Å². The first-order valence-corrected chi connectivity index (χ1v) is 5.64. The smallest absolute Gasteiger partial charge is 0.137 e. The van der Waals surface area contributed by atoms with Gasteiger partial charge < -0.3 is 10.2 Å². The molecule has 2 N–H and O–H groups in total. The first-order valence-electron chi connectivity index (χ1n) is 4.85. The molecule has 0 aliphatic heterocycles. The van der Waals surface area contributed by atoms with Crippen LogP contribution in [0.4, 0.5) is 4.39 Å². The Morgan fingerprint density at radius 2 is 2.00 bits per heavy atom. The summed E-state index contributed by atoms with van der Waals surface area (Å²) in [5.74, 6) is -0.356. The Bertz CT molecular complexity index is 330. The quantitative estimate of drug-likeness (QED) is 0.886. The standard InChI is InChI=1S/C11H14BrFO2/c1-2-9(14)10(15)6-7-4-3-5-8(13)11(7)12/h3-5,9-10,14-15H,2,6H2,1H3. The number of aliphatic hydroxyl groups excluding tert-OH is 2. The van der Waals surface area contributed by atoms with E-state index in [9.17, 15) is 14.6 Å². The lowest BCUT2D eigenvalue weighted by atomic mass is 10.0. The molecular formula is C11H14BrFO2. The van der Waals surface area contributed by atoms with Crippen LogP contribution in [0.15, 0.2) is 22.7 Å². The van der Waals surface area contributed by atoms with Crippen molar-refractivity contribution in [2.24, 2.45) is 0 Å². The molecule has 0 aromatic heterocycles. The van der Waals surface area contributed by atoms with Gasteiger partial charge in [0, 0.05) is 6.42 Å². The number of hydrogen-bond donors (Lipinski definition) is 2. The van der Waals surface area contributed by atoms with E-state index in [0.29, 0.717) is 16.5 Å². The van der Waals surface area contributed by atoms with E-state index < -0.39 is 12.2 Å². The second-order valence-corrected chi connectivity index (χ2v) is 4.25. The van der Waals surface area contributed by atoms with Crippen molar-refractivity contribution in [2.45, 2.75) is 32.0 Å². The van der Waals surface area contributed by atoms with Gasteiger partial charge in [-0.05, 0) is 34.0 Å².